The first-order valence-electron chi connectivity index (χ1n) is 7.89. The van der Waals surface area contributed by atoms with Gasteiger partial charge >= 0.3 is 7.37 Å². The van der Waals surface area contributed by atoms with E-state index in [1.54, 1.807) is 49.4 Å². The van der Waals surface area contributed by atoms with Gasteiger partial charge in [0.15, 0.2) is 0 Å². The van der Waals surface area contributed by atoms with Gasteiger partial charge in [-0.3, -0.25) is 9.36 Å². The fraction of sp³-hybridized carbons (Fsp3) is 0.316. The molecule has 5 heteroatoms. The zero-order chi connectivity index (χ0) is 17.7. The number of hydrogen-bond donors (Lipinski definition) is 0. The van der Waals surface area contributed by atoms with Crippen molar-refractivity contribution in [1.82, 2.24) is 0 Å². The lowest BCUT2D eigenvalue weighted by Gasteiger charge is -2.21. The first-order chi connectivity index (χ1) is 11.4. The zero-order valence-corrected chi connectivity index (χ0v) is 15.4. The van der Waals surface area contributed by atoms with Crippen LogP contribution in [0.1, 0.15) is 29.8 Å². The van der Waals surface area contributed by atoms with Crippen LogP contribution in [0.5, 0.6) is 5.75 Å². The second-order valence-corrected chi connectivity index (χ2v) is 8.32. The van der Waals surface area contributed by atoms with Crippen molar-refractivity contribution in [1.29, 1.82) is 0 Å². The molecule has 0 fully saturated rings. The summed E-state index contributed by atoms with van der Waals surface area (Å²) in [5.74, 6) is 0.568. The van der Waals surface area contributed by atoms with Gasteiger partial charge in [0.25, 0.3) is 5.52 Å². The van der Waals surface area contributed by atoms with Crippen LogP contribution in [0.4, 0.5) is 0 Å². The van der Waals surface area contributed by atoms with Crippen LogP contribution in [0.25, 0.3) is 0 Å². The molecule has 0 saturated carbocycles. The van der Waals surface area contributed by atoms with Crippen LogP contribution in [-0.4, -0.2) is 19.2 Å². The minimum atomic E-state index is -3.72. The molecule has 0 spiro atoms. The molecule has 0 amide bonds. The molecule has 0 aromatic heterocycles. The molecule has 0 N–H and O–H groups in total. The van der Waals surface area contributed by atoms with Crippen molar-refractivity contribution in [2.24, 2.45) is 5.92 Å². The van der Waals surface area contributed by atoms with Gasteiger partial charge in [0.05, 0.1) is 19.3 Å². The Morgan fingerprint density at radius 3 is 2.33 bits per heavy atom. The van der Waals surface area contributed by atoms with E-state index in [1.165, 1.54) is 7.11 Å². The quantitative estimate of drug-likeness (QED) is 0.697. The molecule has 0 bridgehead atoms. The average molecular weight is 346 g/mol. The fourth-order valence-corrected chi connectivity index (χ4v) is 4.52. The normalized spacial score (nSPS) is 13.5. The van der Waals surface area contributed by atoms with Crippen molar-refractivity contribution in [3.05, 3.63) is 59.7 Å². The predicted molar refractivity (Wildman–Crippen MR) is 96.5 cm³/mol. The van der Waals surface area contributed by atoms with Gasteiger partial charge in [-0.25, -0.2) is 0 Å². The average Bonchev–Trinajstić information content (AvgIpc) is 2.59. The second-order valence-electron chi connectivity index (χ2n) is 6.03. The van der Waals surface area contributed by atoms with Gasteiger partial charge in [-0.2, -0.15) is 0 Å². The summed E-state index contributed by atoms with van der Waals surface area (Å²) in [7, 11) is -2.23. The topological polar surface area (TPSA) is 52.6 Å². The number of benzene rings is 2. The van der Waals surface area contributed by atoms with Crippen LogP contribution in [0.15, 0.2) is 48.5 Å². The summed E-state index contributed by atoms with van der Waals surface area (Å²) in [6.07, 6.45) is 0. The summed E-state index contributed by atoms with van der Waals surface area (Å²) in [6, 6.07) is 14.0. The molecule has 1 unspecified atom stereocenters. The predicted octanol–water partition coefficient (Wildman–Crippen LogP) is 4.42. The van der Waals surface area contributed by atoms with E-state index >= 15 is 0 Å². The summed E-state index contributed by atoms with van der Waals surface area (Å²) in [4.78, 5) is 13.2. The standard InChI is InChI=1S/C19H23O4P/c1-14(2)13-23-24(21,16-10-6-5-7-11-16)19(20)18-15(3)9-8-12-17(18)22-4/h5-12,14H,13H2,1-4H3. The Morgan fingerprint density at radius 1 is 1.08 bits per heavy atom. The highest BCUT2D eigenvalue weighted by molar-refractivity contribution is 7.83. The number of ether oxygens (including phenoxy) is 1. The second kappa shape index (κ2) is 7.78. The van der Waals surface area contributed by atoms with Crippen molar-refractivity contribution in [3.63, 3.8) is 0 Å². The third kappa shape index (κ3) is 3.77. The lowest BCUT2D eigenvalue weighted by Crippen LogP contribution is -2.18. The van der Waals surface area contributed by atoms with Crippen molar-refractivity contribution in [2.75, 3.05) is 13.7 Å². The van der Waals surface area contributed by atoms with Gasteiger partial charge in [0.2, 0.25) is 0 Å². The molecule has 2 rings (SSSR count). The zero-order valence-electron chi connectivity index (χ0n) is 14.5. The summed E-state index contributed by atoms with van der Waals surface area (Å²) in [5.41, 5.74) is 0.504. The van der Waals surface area contributed by atoms with Crippen LogP contribution < -0.4 is 10.0 Å². The maximum absolute atomic E-state index is 13.6. The number of aryl methyl sites for hydroxylation is 1. The minimum Gasteiger partial charge on any atom is -0.496 e. The van der Waals surface area contributed by atoms with Crippen molar-refractivity contribution < 1.29 is 18.6 Å². The summed E-state index contributed by atoms with van der Waals surface area (Å²) in [6.45, 7) is 5.95. The highest BCUT2D eigenvalue weighted by Gasteiger charge is 2.38. The molecular weight excluding hydrogens is 323 g/mol. The molecule has 0 aliphatic rings. The molecular formula is C19H23O4P. The summed E-state index contributed by atoms with van der Waals surface area (Å²) >= 11 is 0. The monoisotopic (exact) mass is 346 g/mol. The first-order valence-corrected chi connectivity index (χ1v) is 9.51. The third-order valence-corrected chi connectivity index (χ3v) is 5.87. The Kier molecular flexibility index (Phi) is 5.98. The van der Waals surface area contributed by atoms with Crippen LogP contribution in [-0.2, 0) is 9.09 Å². The fourth-order valence-electron chi connectivity index (χ4n) is 2.36. The number of hydrogen-bond acceptors (Lipinski definition) is 4. The highest BCUT2D eigenvalue weighted by Crippen LogP contribution is 2.51. The molecule has 128 valence electrons. The Balaban J connectivity index is 2.56. The van der Waals surface area contributed by atoms with Gasteiger partial charge < -0.3 is 9.26 Å². The molecule has 1 atom stereocenters. The number of carbonyl (C=O) groups excluding carboxylic acids is 1. The Hall–Kier alpha value is -1.90. The smallest absolute Gasteiger partial charge is 0.300 e. The van der Waals surface area contributed by atoms with E-state index in [9.17, 15) is 9.36 Å². The van der Waals surface area contributed by atoms with Crippen LogP contribution in [0, 0.1) is 12.8 Å². The Bertz CT molecular complexity index is 753. The van der Waals surface area contributed by atoms with Crippen LogP contribution >= 0.6 is 7.37 Å². The lowest BCUT2D eigenvalue weighted by molar-refractivity contribution is 0.104. The molecule has 0 aliphatic carbocycles. The maximum Gasteiger partial charge on any atom is 0.300 e. The number of carbonyl (C=O) groups is 1. The van der Waals surface area contributed by atoms with Crippen molar-refractivity contribution in [2.45, 2.75) is 20.8 Å². The molecule has 0 aliphatic heterocycles. The van der Waals surface area contributed by atoms with Crippen LogP contribution in [0.2, 0.25) is 0 Å². The molecule has 0 radical (unpaired) electrons. The number of rotatable bonds is 7. The van der Waals surface area contributed by atoms with E-state index in [2.05, 4.69) is 0 Å². The molecule has 2 aromatic carbocycles. The molecule has 4 nitrogen and oxygen atoms in total. The maximum atomic E-state index is 13.6. The van der Waals surface area contributed by atoms with Gasteiger partial charge in [-0.1, -0.05) is 44.2 Å². The largest absolute Gasteiger partial charge is 0.496 e. The van der Waals surface area contributed by atoms with Gasteiger partial charge in [-0.15, -0.1) is 0 Å². The van der Waals surface area contributed by atoms with Gasteiger partial charge in [-0.05, 0) is 36.6 Å². The molecule has 0 heterocycles. The summed E-state index contributed by atoms with van der Waals surface area (Å²) < 4.78 is 24.6. The van der Waals surface area contributed by atoms with E-state index in [-0.39, 0.29) is 12.5 Å². The Morgan fingerprint density at radius 2 is 1.75 bits per heavy atom. The van der Waals surface area contributed by atoms with Crippen LogP contribution in [0.3, 0.4) is 0 Å². The van der Waals surface area contributed by atoms with Gasteiger partial charge in [0.1, 0.15) is 5.75 Å². The molecule has 0 saturated heterocycles. The number of methoxy groups -OCH3 is 1. The highest BCUT2D eigenvalue weighted by atomic mass is 31.2. The van der Waals surface area contributed by atoms with Crippen molar-refractivity contribution in [3.8, 4) is 5.75 Å². The summed E-state index contributed by atoms with van der Waals surface area (Å²) in [5, 5.41) is 0.404. The van der Waals surface area contributed by atoms with E-state index in [0.717, 1.165) is 0 Å². The third-order valence-electron chi connectivity index (χ3n) is 3.62. The van der Waals surface area contributed by atoms with E-state index in [1.807, 2.05) is 19.9 Å². The SMILES string of the molecule is COc1cccc(C)c1C(=O)P(=O)(OCC(C)C)c1ccccc1. The van der Waals surface area contributed by atoms with E-state index in [0.29, 0.717) is 22.2 Å². The minimum absolute atomic E-state index is 0.161. The van der Waals surface area contributed by atoms with Crippen molar-refractivity contribution >= 4 is 18.2 Å². The van der Waals surface area contributed by atoms with E-state index < -0.39 is 12.9 Å². The van der Waals surface area contributed by atoms with Gasteiger partial charge in [0, 0.05) is 5.30 Å². The Labute approximate surface area is 143 Å². The van der Waals surface area contributed by atoms with E-state index in [4.69, 9.17) is 9.26 Å². The first kappa shape index (κ1) is 18.4. The molecule has 2 aromatic rings. The lowest BCUT2D eigenvalue weighted by atomic mass is 10.1. The molecule has 24 heavy (non-hydrogen) atoms.